The Labute approximate surface area is 102 Å². The van der Waals surface area contributed by atoms with Crippen LogP contribution in [0, 0.1) is 0 Å². The highest BCUT2D eigenvalue weighted by Crippen LogP contribution is 2.20. The first-order valence-corrected chi connectivity index (χ1v) is 5.19. The second-order valence-electron chi connectivity index (χ2n) is 3.39. The molecule has 0 aromatic heterocycles. The summed E-state index contributed by atoms with van der Waals surface area (Å²) in [6, 6.07) is 8.50. The standard InChI is InChI=1S/C11H9ClN2O3/c12-7-8(13)10(17-11(7)16)14-9(15)6-4-2-1-3-5-6/h1-5,10H,13H2,(H,14,15). The van der Waals surface area contributed by atoms with Gasteiger partial charge in [0.2, 0.25) is 6.23 Å². The number of nitrogens with one attached hydrogen (secondary N) is 1. The first-order chi connectivity index (χ1) is 8.09. The lowest BCUT2D eigenvalue weighted by molar-refractivity contribution is -0.139. The number of rotatable bonds is 2. The van der Waals surface area contributed by atoms with Gasteiger partial charge in [-0.15, -0.1) is 0 Å². The van der Waals surface area contributed by atoms with Crippen molar-refractivity contribution < 1.29 is 14.3 Å². The number of hydrogen-bond donors (Lipinski definition) is 2. The molecular formula is C11H9ClN2O3. The van der Waals surface area contributed by atoms with Crippen LogP contribution in [0.2, 0.25) is 0 Å². The van der Waals surface area contributed by atoms with Crippen LogP contribution in [0.4, 0.5) is 0 Å². The zero-order valence-corrected chi connectivity index (χ0v) is 9.40. The summed E-state index contributed by atoms with van der Waals surface area (Å²) in [6.45, 7) is 0. The second-order valence-corrected chi connectivity index (χ2v) is 3.77. The third kappa shape index (κ3) is 2.24. The molecule has 1 aliphatic rings. The quantitative estimate of drug-likeness (QED) is 0.760. The summed E-state index contributed by atoms with van der Waals surface area (Å²) in [4.78, 5) is 22.8. The molecule has 17 heavy (non-hydrogen) atoms. The lowest BCUT2D eigenvalue weighted by Gasteiger charge is -2.12. The average Bonchev–Trinajstić information content (AvgIpc) is 2.58. The monoisotopic (exact) mass is 252 g/mol. The van der Waals surface area contributed by atoms with Gasteiger partial charge in [0.1, 0.15) is 0 Å². The Hall–Kier alpha value is -2.01. The topological polar surface area (TPSA) is 81.4 Å². The predicted octanol–water partition coefficient (Wildman–Crippen LogP) is 0.708. The largest absolute Gasteiger partial charge is 0.431 e. The zero-order chi connectivity index (χ0) is 12.4. The van der Waals surface area contributed by atoms with Crippen molar-refractivity contribution in [2.24, 2.45) is 5.73 Å². The van der Waals surface area contributed by atoms with E-state index in [-0.39, 0.29) is 10.7 Å². The maximum atomic E-state index is 11.7. The van der Waals surface area contributed by atoms with Gasteiger partial charge in [-0.25, -0.2) is 4.79 Å². The molecule has 1 atom stereocenters. The molecule has 0 radical (unpaired) electrons. The molecule has 0 aliphatic carbocycles. The van der Waals surface area contributed by atoms with Gasteiger partial charge in [-0.05, 0) is 12.1 Å². The van der Waals surface area contributed by atoms with Gasteiger partial charge in [0.05, 0.1) is 5.70 Å². The maximum Gasteiger partial charge on any atom is 0.354 e. The average molecular weight is 253 g/mol. The van der Waals surface area contributed by atoms with Crippen LogP contribution in [0.3, 0.4) is 0 Å². The smallest absolute Gasteiger partial charge is 0.354 e. The SMILES string of the molecule is NC1=C(Cl)C(=O)OC1NC(=O)c1ccccc1. The molecule has 0 fully saturated rings. The molecule has 1 heterocycles. The summed E-state index contributed by atoms with van der Waals surface area (Å²) in [5.41, 5.74) is 5.99. The highest BCUT2D eigenvalue weighted by atomic mass is 35.5. The van der Waals surface area contributed by atoms with E-state index in [0.29, 0.717) is 5.56 Å². The highest BCUT2D eigenvalue weighted by molar-refractivity contribution is 6.42. The normalized spacial score (nSPS) is 19.1. The third-order valence-corrected chi connectivity index (χ3v) is 2.61. The molecule has 0 spiro atoms. The van der Waals surface area contributed by atoms with Gasteiger partial charge >= 0.3 is 5.97 Å². The van der Waals surface area contributed by atoms with Crippen molar-refractivity contribution in [2.75, 3.05) is 0 Å². The van der Waals surface area contributed by atoms with Crippen LogP contribution in [0.25, 0.3) is 0 Å². The number of cyclic esters (lactones) is 1. The number of amides is 1. The Kier molecular flexibility index (Phi) is 3.01. The Bertz CT molecular complexity index is 499. The first kappa shape index (κ1) is 11.5. The van der Waals surface area contributed by atoms with Gasteiger partial charge in [-0.2, -0.15) is 0 Å². The summed E-state index contributed by atoms with van der Waals surface area (Å²) < 4.78 is 4.78. The fraction of sp³-hybridized carbons (Fsp3) is 0.0909. The summed E-state index contributed by atoms with van der Waals surface area (Å²) >= 11 is 5.57. The van der Waals surface area contributed by atoms with Crippen molar-refractivity contribution in [3.05, 3.63) is 46.6 Å². The molecule has 1 amide bonds. The van der Waals surface area contributed by atoms with E-state index >= 15 is 0 Å². The van der Waals surface area contributed by atoms with Crippen molar-refractivity contribution in [1.29, 1.82) is 0 Å². The van der Waals surface area contributed by atoms with E-state index < -0.39 is 18.1 Å². The molecule has 2 rings (SSSR count). The maximum absolute atomic E-state index is 11.7. The Balaban J connectivity index is 2.09. The van der Waals surface area contributed by atoms with Crippen molar-refractivity contribution in [3.8, 4) is 0 Å². The summed E-state index contributed by atoms with van der Waals surface area (Å²) in [5.74, 6) is -1.12. The molecule has 1 aliphatic heterocycles. The first-order valence-electron chi connectivity index (χ1n) is 4.81. The van der Waals surface area contributed by atoms with Crippen LogP contribution in [0.5, 0.6) is 0 Å². The van der Waals surface area contributed by atoms with Gasteiger partial charge in [0.25, 0.3) is 5.91 Å². The lowest BCUT2D eigenvalue weighted by Crippen LogP contribution is -2.38. The van der Waals surface area contributed by atoms with E-state index in [4.69, 9.17) is 22.1 Å². The number of ether oxygens (including phenoxy) is 1. The van der Waals surface area contributed by atoms with Crippen molar-refractivity contribution in [2.45, 2.75) is 6.23 Å². The molecule has 1 aromatic rings. The van der Waals surface area contributed by atoms with E-state index in [1.807, 2.05) is 0 Å². The lowest BCUT2D eigenvalue weighted by atomic mass is 10.2. The van der Waals surface area contributed by atoms with Gasteiger partial charge < -0.3 is 15.8 Å². The van der Waals surface area contributed by atoms with Crippen LogP contribution in [-0.4, -0.2) is 18.1 Å². The molecule has 1 aromatic carbocycles. The summed E-state index contributed by atoms with van der Waals surface area (Å²) in [6.07, 6.45) is -0.997. The van der Waals surface area contributed by atoms with E-state index in [1.54, 1.807) is 30.3 Å². The number of carbonyl (C=O) groups excluding carboxylic acids is 2. The molecule has 1 unspecified atom stereocenters. The Morgan fingerprint density at radius 2 is 2.00 bits per heavy atom. The number of benzene rings is 1. The zero-order valence-electron chi connectivity index (χ0n) is 8.64. The molecule has 6 heteroatoms. The van der Waals surface area contributed by atoms with Crippen molar-refractivity contribution in [3.63, 3.8) is 0 Å². The van der Waals surface area contributed by atoms with Gasteiger partial charge in [-0.3, -0.25) is 4.79 Å². The fourth-order valence-electron chi connectivity index (χ4n) is 1.35. The Morgan fingerprint density at radius 3 is 2.53 bits per heavy atom. The van der Waals surface area contributed by atoms with Crippen LogP contribution in [0.15, 0.2) is 41.1 Å². The van der Waals surface area contributed by atoms with Crippen LogP contribution >= 0.6 is 11.6 Å². The number of nitrogens with two attached hydrogens (primary N) is 1. The van der Waals surface area contributed by atoms with Gasteiger partial charge in [0, 0.05) is 5.56 Å². The molecule has 3 N–H and O–H groups in total. The van der Waals surface area contributed by atoms with Gasteiger partial charge in [-0.1, -0.05) is 29.8 Å². The molecule has 0 saturated carbocycles. The summed E-state index contributed by atoms with van der Waals surface area (Å²) in [5, 5.41) is 2.27. The predicted molar refractivity (Wildman–Crippen MR) is 60.9 cm³/mol. The minimum atomic E-state index is -0.997. The third-order valence-electron chi connectivity index (χ3n) is 2.24. The molecule has 88 valence electrons. The van der Waals surface area contributed by atoms with Crippen molar-refractivity contribution in [1.82, 2.24) is 5.32 Å². The van der Waals surface area contributed by atoms with E-state index in [1.165, 1.54) is 0 Å². The van der Waals surface area contributed by atoms with Crippen molar-refractivity contribution >= 4 is 23.5 Å². The number of esters is 1. The molecule has 0 bridgehead atoms. The minimum absolute atomic E-state index is 0.0148. The van der Waals surface area contributed by atoms with Crippen LogP contribution in [0.1, 0.15) is 10.4 Å². The highest BCUT2D eigenvalue weighted by Gasteiger charge is 2.32. The second kappa shape index (κ2) is 4.47. The van der Waals surface area contributed by atoms with E-state index in [9.17, 15) is 9.59 Å². The number of carbonyl (C=O) groups is 2. The fourth-order valence-corrected chi connectivity index (χ4v) is 1.50. The number of hydrogen-bond acceptors (Lipinski definition) is 4. The molecular weight excluding hydrogens is 244 g/mol. The van der Waals surface area contributed by atoms with Crippen LogP contribution in [-0.2, 0) is 9.53 Å². The van der Waals surface area contributed by atoms with E-state index in [0.717, 1.165) is 0 Å². The molecule has 0 saturated heterocycles. The molecule has 5 nitrogen and oxygen atoms in total. The Morgan fingerprint density at radius 1 is 1.35 bits per heavy atom. The minimum Gasteiger partial charge on any atom is -0.431 e. The van der Waals surface area contributed by atoms with Gasteiger partial charge in [0.15, 0.2) is 5.03 Å². The summed E-state index contributed by atoms with van der Waals surface area (Å²) in [7, 11) is 0. The van der Waals surface area contributed by atoms with E-state index in [2.05, 4.69) is 5.32 Å². The van der Waals surface area contributed by atoms with Crippen LogP contribution < -0.4 is 11.1 Å². The number of halogens is 1.